The summed E-state index contributed by atoms with van der Waals surface area (Å²) in [6, 6.07) is 11.3. The van der Waals surface area contributed by atoms with Gasteiger partial charge in [-0.05, 0) is 24.7 Å². The molecular formula is C20H26N4O3S. The Labute approximate surface area is 169 Å². The van der Waals surface area contributed by atoms with E-state index in [1.165, 1.54) is 7.11 Å². The highest BCUT2D eigenvalue weighted by Gasteiger charge is 2.27. The number of ether oxygens (including phenoxy) is 1. The highest BCUT2D eigenvalue weighted by atomic mass is 32.2. The van der Waals surface area contributed by atoms with Gasteiger partial charge in [0, 0.05) is 26.3 Å². The topological polar surface area (TPSA) is 76.5 Å². The maximum atomic E-state index is 12.8. The fraction of sp³-hybridized carbons (Fsp3) is 0.450. The maximum Gasteiger partial charge on any atom is 0.259 e. The summed E-state index contributed by atoms with van der Waals surface area (Å²) < 4.78 is 7.26. The molecule has 0 unspecified atom stereocenters. The van der Waals surface area contributed by atoms with Crippen LogP contribution < -0.4 is 5.32 Å². The predicted molar refractivity (Wildman–Crippen MR) is 110 cm³/mol. The lowest BCUT2D eigenvalue weighted by Gasteiger charge is -2.32. The Morgan fingerprint density at radius 1 is 1.25 bits per heavy atom. The molecule has 0 bridgehead atoms. The lowest BCUT2D eigenvalue weighted by molar-refractivity contribution is -0.129. The van der Waals surface area contributed by atoms with E-state index in [2.05, 4.69) is 10.4 Å². The van der Waals surface area contributed by atoms with E-state index >= 15 is 0 Å². The second kappa shape index (κ2) is 9.75. The van der Waals surface area contributed by atoms with Crippen molar-refractivity contribution in [2.75, 3.05) is 37.5 Å². The molecule has 1 atom stereocenters. The molecule has 0 radical (unpaired) electrons. The van der Waals surface area contributed by atoms with Crippen LogP contribution in [0.2, 0.25) is 0 Å². The Bertz CT molecular complexity index is 788. The quantitative estimate of drug-likeness (QED) is 0.771. The average molecular weight is 403 g/mol. The molecule has 1 aromatic carbocycles. The smallest absolute Gasteiger partial charge is 0.259 e. The summed E-state index contributed by atoms with van der Waals surface area (Å²) in [6.45, 7) is 1.42. The van der Waals surface area contributed by atoms with Gasteiger partial charge in [0.25, 0.3) is 5.91 Å². The van der Waals surface area contributed by atoms with Crippen LogP contribution in [0.3, 0.4) is 0 Å². The second-order valence-corrected chi connectivity index (χ2v) is 7.59. The van der Waals surface area contributed by atoms with Gasteiger partial charge in [-0.3, -0.25) is 9.59 Å². The van der Waals surface area contributed by atoms with Crippen molar-refractivity contribution in [1.29, 1.82) is 0 Å². The number of rotatable bonds is 7. The largest absolute Gasteiger partial charge is 0.367 e. The van der Waals surface area contributed by atoms with Crippen LogP contribution in [0.25, 0.3) is 0 Å². The van der Waals surface area contributed by atoms with Crippen molar-refractivity contribution in [1.82, 2.24) is 14.7 Å². The van der Waals surface area contributed by atoms with E-state index in [-0.39, 0.29) is 17.9 Å². The number of anilines is 1. The molecule has 1 aliphatic rings. The SMILES string of the molecule is CO[C@@H](C(=O)Nc1ccnn1C1CCN(C(=O)CSC)CC1)c1ccccc1. The minimum absolute atomic E-state index is 0.154. The van der Waals surface area contributed by atoms with Crippen LogP contribution in [0.15, 0.2) is 42.6 Å². The highest BCUT2D eigenvalue weighted by Crippen LogP contribution is 2.27. The Kier molecular flexibility index (Phi) is 7.11. The number of carbonyl (C=O) groups is 2. The molecule has 1 fully saturated rings. The number of thioether (sulfide) groups is 1. The second-order valence-electron chi connectivity index (χ2n) is 6.72. The molecule has 8 heteroatoms. The Morgan fingerprint density at radius 3 is 2.61 bits per heavy atom. The number of hydrogen-bond donors (Lipinski definition) is 1. The number of nitrogens with one attached hydrogen (secondary N) is 1. The van der Waals surface area contributed by atoms with Crippen molar-refractivity contribution in [3.8, 4) is 0 Å². The number of aromatic nitrogens is 2. The van der Waals surface area contributed by atoms with Gasteiger partial charge in [-0.2, -0.15) is 16.9 Å². The normalized spacial score (nSPS) is 16.0. The number of hydrogen-bond acceptors (Lipinski definition) is 5. The first-order valence-electron chi connectivity index (χ1n) is 9.33. The number of likely N-dealkylation sites (tertiary alicyclic amines) is 1. The van der Waals surface area contributed by atoms with Crippen molar-refractivity contribution < 1.29 is 14.3 Å². The molecule has 2 aromatic rings. The monoisotopic (exact) mass is 402 g/mol. The van der Waals surface area contributed by atoms with Gasteiger partial charge in [0.2, 0.25) is 5.91 Å². The maximum absolute atomic E-state index is 12.8. The predicted octanol–water partition coefficient (Wildman–Crippen LogP) is 2.74. The van der Waals surface area contributed by atoms with Crippen molar-refractivity contribution in [3.05, 3.63) is 48.2 Å². The van der Waals surface area contributed by atoms with Gasteiger partial charge in [0.15, 0.2) is 6.10 Å². The van der Waals surface area contributed by atoms with Gasteiger partial charge in [-0.25, -0.2) is 4.68 Å². The van der Waals surface area contributed by atoms with E-state index in [1.54, 1.807) is 24.0 Å². The zero-order valence-electron chi connectivity index (χ0n) is 16.2. The Morgan fingerprint density at radius 2 is 1.96 bits per heavy atom. The molecule has 0 spiro atoms. The first-order valence-corrected chi connectivity index (χ1v) is 10.7. The number of piperidine rings is 1. The molecular weight excluding hydrogens is 376 g/mol. The molecule has 28 heavy (non-hydrogen) atoms. The zero-order chi connectivity index (χ0) is 19.9. The van der Waals surface area contributed by atoms with Crippen molar-refractivity contribution in [2.45, 2.75) is 25.0 Å². The first kappa shape index (κ1) is 20.4. The number of carbonyl (C=O) groups excluding carboxylic acids is 2. The molecule has 2 amide bonds. The summed E-state index contributed by atoms with van der Waals surface area (Å²) in [5.74, 6) is 1.12. The number of nitrogens with zero attached hydrogens (tertiary/aromatic N) is 3. The van der Waals surface area contributed by atoms with Gasteiger partial charge in [0.1, 0.15) is 5.82 Å². The first-order chi connectivity index (χ1) is 13.6. The molecule has 0 aliphatic carbocycles. The number of amides is 2. The molecule has 1 aliphatic heterocycles. The Balaban J connectivity index is 1.64. The van der Waals surface area contributed by atoms with Crippen molar-refractivity contribution in [3.63, 3.8) is 0 Å². The van der Waals surface area contributed by atoms with Crippen LogP contribution in [0, 0.1) is 0 Å². The minimum atomic E-state index is -0.685. The Hall–Kier alpha value is -2.32. The fourth-order valence-corrected chi connectivity index (χ4v) is 3.92. The van der Waals surface area contributed by atoms with Crippen molar-refractivity contribution in [2.24, 2.45) is 0 Å². The average Bonchev–Trinajstić information content (AvgIpc) is 3.17. The van der Waals surface area contributed by atoms with Gasteiger partial charge in [0.05, 0.1) is 18.0 Å². The molecule has 0 saturated carbocycles. The molecule has 1 aromatic heterocycles. The zero-order valence-corrected chi connectivity index (χ0v) is 17.0. The van der Waals surface area contributed by atoms with Gasteiger partial charge < -0.3 is 15.0 Å². The minimum Gasteiger partial charge on any atom is -0.367 e. The molecule has 7 nitrogen and oxygen atoms in total. The van der Waals surface area contributed by atoms with Crippen LogP contribution >= 0.6 is 11.8 Å². The van der Waals surface area contributed by atoms with E-state index < -0.39 is 6.10 Å². The summed E-state index contributed by atoms with van der Waals surface area (Å²) >= 11 is 1.55. The van der Waals surface area contributed by atoms with Crippen LogP contribution in [-0.2, 0) is 14.3 Å². The van der Waals surface area contributed by atoms with E-state index in [0.717, 1.165) is 18.4 Å². The molecule has 3 rings (SSSR count). The third-order valence-electron chi connectivity index (χ3n) is 4.93. The summed E-state index contributed by atoms with van der Waals surface area (Å²) in [7, 11) is 1.52. The summed E-state index contributed by atoms with van der Waals surface area (Å²) in [6.07, 6.45) is 4.57. The van der Waals surface area contributed by atoms with Crippen LogP contribution in [0.5, 0.6) is 0 Å². The van der Waals surface area contributed by atoms with Crippen LogP contribution in [0.1, 0.15) is 30.6 Å². The number of methoxy groups -OCH3 is 1. The van der Waals surface area contributed by atoms with E-state index in [0.29, 0.717) is 24.7 Å². The summed E-state index contributed by atoms with van der Waals surface area (Å²) in [5.41, 5.74) is 0.800. The number of benzene rings is 1. The molecule has 1 N–H and O–H groups in total. The van der Waals surface area contributed by atoms with E-state index in [9.17, 15) is 9.59 Å². The lowest BCUT2D eigenvalue weighted by Crippen LogP contribution is -2.40. The van der Waals surface area contributed by atoms with E-state index in [1.807, 2.05) is 46.2 Å². The highest BCUT2D eigenvalue weighted by molar-refractivity contribution is 7.99. The van der Waals surface area contributed by atoms with Gasteiger partial charge >= 0.3 is 0 Å². The van der Waals surface area contributed by atoms with Crippen molar-refractivity contribution >= 4 is 29.4 Å². The summed E-state index contributed by atoms with van der Waals surface area (Å²) in [5, 5.41) is 7.35. The molecule has 150 valence electrons. The van der Waals surface area contributed by atoms with Gasteiger partial charge in [-0.15, -0.1) is 0 Å². The van der Waals surface area contributed by atoms with Crippen LogP contribution in [0.4, 0.5) is 5.82 Å². The molecule has 2 heterocycles. The standard InChI is InChI=1S/C20H26N4O3S/c1-27-19(15-6-4-3-5-7-15)20(26)22-17-8-11-21-24(17)16-9-12-23(13-10-16)18(25)14-28-2/h3-8,11,16,19H,9-10,12-14H2,1-2H3,(H,22,26)/t19-/m1/s1. The molecule has 1 saturated heterocycles. The van der Waals surface area contributed by atoms with Gasteiger partial charge in [-0.1, -0.05) is 30.3 Å². The summed E-state index contributed by atoms with van der Waals surface area (Å²) in [4.78, 5) is 26.7. The van der Waals surface area contributed by atoms with Crippen LogP contribution in [-0.4, -0.2) is 58.7 Å². The van der Waals surface area contributed by atoms with E-state index in [4.69, 9.17) is 4.74 Å². The lowest BCUT2D eigenvalue weighted by atomic mass is 10.1. The fourth-order valence-electron chi connectivity index (χ4n) is 3.49. The third-order valence-corrected chi connectivity index (χ3v) is 5.46. The third kappa shape index (κ3) is 4.74.